The predicted octanol–water partition coefficient (Wildman–Crippen LogP) is 0.950. The molecule has 0 bridgehead atoms. The third kappa shape index (κ3) is 2.35. The van der Waals surface area contributed by atoms with Crippen molar-refractivity contribution in [1.82, 2.24) is 10.4 Å². The Morgan fingerprint density at radius 3 is 2.86 bits per heavy atom. The highest BCUT2D eigenvalue weighted by Crippen LogP contribution is 2.09. The number of hydrogen-bond acceptors (Lipinski definition) is 3. The quantitative estimate of drug-likeness (QED) is 0.731. The Morgan fingerprint density at radius 1 is 1.64 bits per heavy atom. The number of hydrazine groups is 1. The van der Waals surface area contributed by atoms with Crippen molar-refractivity contribution in [1.29, 1.82) is 0 Å². The van der Waals surface area contributed by atoms with Crippen LogP contribution in [0.15, 0.2) is 24.4 Å². The van der Waals surface area contributed by atoms with Crippen LogP contribution in [-0.4, -0.2) is 23.6 Å². The van der Waals surface area contributed by atoms with Gasteiger partial charge in [0.15, 0.2) is 0 Å². The Kier molecular flexibility index (Phi) is 3.28. The average molecular weight is 196 g/mol. The van der Waals surface area contributed by atoms with Gasteiger partial charge in [-0.15, -0.1) is 0 Å². The van der Waals surface area contributed by atoms with E-state index in [1.807, 2.05) is 6.92 Å². The number of carbonyl (C=O) groups is 2. The van der Waals surface area contributed by atoms with Crippen LogP contribution in [0.2, 0.25) is 0 Å². The molecule has 1 rings (SSSR count). The maximum atomic E-state index is 11.1. The van der Waals surface area contributed by atoms with Crippen molar-refractivity contribution >= 4 is 12.0 Å². The second kappa shape index (κ2) is 4.45. The summed E-state index contributed by atoms with van der Waals surface area (Å²) in [6, 6.07) is 0. The largest absolute Gasteiger partial charge is 0.448 e. The zero-order valence-electron chi connectivity index (χ0n) is 7.95. The lowest BCUT2D eigenvalue weighted by molar-refractivity contribution is -0.125. The summed E-state index contributed by atoms with van der Waals surface area (Å²) in [7, 11) is 0. The van der Waals surface area contributed by atoms with Crippen molar-refractivity contribution in [3.8, 4) is 0 Å². The lowest BCUT2D eigenvalue weighted by Crippen LogP contribution is -2.42. The molecule has 76 valence electrons. The summed E-state index contributed by atoms with van der Waals surface area (Å²) in [6.07, 6.45) is 2.93. The molecular formula is C9H12N2O3. The number of ether oxygens (including phenoxy) is 1. The molecule has 1 aliphatic rings. The summed E-state index contributed by atoms with van der Waals surface area (Å²) in [5, 5.41) is 1.04. The zero-order chi connectivity index (χ0) is 10.6. The summed E-state index contributed by atoms with van der Waals surface area (Å²) in [6.45, 7) is 5.78. The van der Waals surface area contributed by atoms with E-state index < -0.39 is 6.09 Å². The van der Waals surface area contributed by atoms with E-state index in [2.05, 4.69) is 12.0 Å². The number of allylic oxidation sites excluding steroid dienone is 1. The van der Waals surface area contributed by atoms with Crippen LogP contribution in [0.5, 0.6) is 0 Å². The zero-order valence-corrected chi connectivity index (χ0v) is 7.95. The van der Waals surface area contributed by atoms with Gasteiger partial charge in [-0.25, -0.2) is 15.2 Å². The first-order valence-electron chi connectivity index (χ1n) is 4.29. The highest BCUT2D eigenvalue weighted by molar-refractivity contribution is 5.94. The molecule has 0 fully saturated rings. The fourth-order valence-corrected chi connectivity index (χ4v) is 0.903. The average Bonchev–Trinajstić information content (AvgIpc) is 2.46. The van der Waals surface area contributed by atoms with Crippen molar-refractivity contribution in [3.05, 3.63) is 24.4 Å². The van der Waals surface area contributed by atoms with Crippen LogP contribution in [0.3, 0.4) is 0 Å². The molecule has 0 unspecified atom stereocenters. The SMILES string of the molecule is C=C1C=CC(=O)N1NC(=O)OCCC. The van der Waals surface area contributed by atoms with Gasteiger partial charge in [0.05, 0.1) is 12.3 Å². The minimum atomic E-state index is -0.648. The maximum Gasteiger partial charge on any atom is 0.426 e. The normalized spacial score (nSPS) is 14.8. The van der Waals surface area contributed by atoms with E-state index in [9.17, 15) is 9.59 Å². The predicted molar refractivity (Wildman–Crippen MR) is 49.9 cm³/mol. The third-order valence-electron chi connectivity index (χ3n) is 1.57. The molecule has 0 saturated carbocycles. The lowest BCUT2D eigenvalue weighted by Gasteiger charge is -2.17. The number of rotatable bonds is 3. The second-order valence-electron chi connectivity index (χ2n) is 2.75. The van der Waals surface area contributed by atoms with Gasteiger partial charge >= 0.3 is 6.09 Å². The van der Waals surface area contributed by atoms with Crippen LogP contribution in [0.25, 0.3) is 0 Å². The van der Waals surface area contributed by atoms with Gasteiger partial charge < -0.3 is 4.74 Å². The number of carbonyl (C=O) groups excluding carboxylic acids is 2. The first-order valence-corrected chi connectivity index (χ1v) is 4.29. The topological polar surface area (TPSA) is 58.6 Å². The number of hydrogen-bond donors (Lipinski definition) is 1. The first kappa shape index (κ1) is 10.3. The molecule has 2 amide bonds. The molecule has 0 spiro atoms. The van der Waals surface area contributed by atoms with Gasteiger partial charge in [-0.3, -0.25) is 4.79 Å². The van der Waals surface area contributed by atoms with E-state index in [0.29, 0.717) is 12.3 Å². The lowest BCUT2D eigenvalue weighted by atomic mass is 10.5. The van der Waals surface area contributed by atoms with Crippen LogP contribution in [-0.2, 0) is 9.53 Å². The third-order valence-corrected chi connectivity index (χ3v) is 1.57. The summed E-state index contributed by atoms with van der Waals surface area (Å²) >= 11 is 0. The molecule has 1 aliphatic heterocycles. The van der Waals surface area contributed by atoms with Crippen molar-refractivity contribution in [3.63, 3.8) is 0 Å². The van der Waals surface area contributed by atoms with Crippen molar-refractivity contribution < 1.29 is 14.3 Å². The molecule has 1 heterocycles. The standard InChI is InChI=1S/C9H12N2O3/c1-3-6-14-9(13)10-11-7(2)4-5-8(11)12/h4-5H,2-3,6H2,1H3,(H,10,13). The van der Waals surface area contributed by atoms with E-state index in [0.717, 1.165) is 11.4 Å². The molecule has 0 atom stereocenters. The Morgan fingerprint density at radius 2 is 2.36 bits per heavy atom. The molecule has 0 radical (unpaired) electrons. The molecular weight excluding hydrogens is 184 g/mol. The van der Waals surface area contributed by atoms with Crippen molar-refractivity contribution in [2.45, 2.75) is 13.3 Å². The maximum absolute atomic E-state index is 11.1. The van der Waals surface area contributed by atoms with E-state index in [-0.39, 0.29) is 5.91 Å². The molecule has 5 heteroatoms. The van der Waals surface area contributed by atoms with Gasteiger partial charge in [0.25, 0.3) is 5.91 Å². The number of amides is 2. The van der Waals surface area contributed by atoms with Gasteiger partial charge in [0.2, 0.25) is 0 Å². The van der Waals surface area contributed by atoms with E-state index in [1.54, 1.807) is 0 Å². The first-order chi connectivity index (χ1) is 6.65. The van der Waals surface area contributed by atoms with E-state index in [4.69, 9.17) is 4.74 Å². The summed E-state index contributed by atoms with van der Waals surface area (Å²) in [5.74, 6) is -0.330. The Bertz CT molecular complexity index is 278. The van der Waals surface area contributed by atoms with Crippen LogP contribution in [0.4, 0.5) is 4.79 Å². The molecule has 14 heavy (non-hydrogen) atoms. The molecule has 5 nitrogen and oxygen atoms in total. The van der Waals surface area contributed by atoms with Gasteiger partial charge in [-0.05, 0) is 12.5 Å². The Hall–Kier alpha value is -1.78. The molecule has 0 aromatic carbocycles. The fraction of sp³-hybridized carbons (Fsp3) is 0.333. The van der Waals surface area contributed by atoms with Crippen LogP contribution >= 0.6 is 0 Å². The highest BCUT2D eigenvalue weighted by Gasteiger charge is 2.20. The Labute approximate surface area is 82.0 Å². The summed E-state index contributed by atoms with van der Waals surface area (Å²) in [4.78, 5) is 22.2. The molecule has 0 aromatic rings. The summed E-state index contributed by atoms with van der Waals surface area (Å²) < 4.78 is 4.74. The molecule has 0 aliphatic carbocycles. The van der Waals surface area contributed by atoms with Gasteiger partial charge in [0, 0.05) is 6.08 Å². The van der Waals surface area contributed by atoms with Crippen molar-refractivity contribution in [2.24, 2.45) is 0 Å². The fourth-order valence-electron chi connectivity index (χ4n) is 0.903. The minimum Gasteiger partial charge on any atom is -0.448 e. The molecule has 0 aromatic heterocycles. The van der Waals surface area contributed by atoms with E-state index in [1.165, 1.54) is 12.2 Å². The monoisotopic (exact) mass is 196 g/mol. The van der Waals surface area contributed by atoms with Gasteiger partial charge in [-0.1, -0.05) is 13.5 Å². The molecule has 1 N–H and O–H groups in total. The van der Waals surface area contributed by atoms with Crippen LogP contribution in [0, 0.1) is 0 Å². The molecule has 0 saturated heterocycles. The van der Waals surface area contributed by atoms with Crippen LogP contribution < -0.4 is 5.43 Å². The van der Waals surface area contributed by atoms with Gasteiger partial charge in [0.1, 0.15) is 0 Å². The van der Waals surface area contributed by atoms with Crippen LogP contribution in [0.1, 0.15) is 13.3 Å². The highest BCUT2D eigenvalue weighted by atomic mass is 16.6. The van der Waals surface area contributed by atoms with Gasteiger partial charge in [-0.2, -0.15) is 0 Å². The second-order valence-corrected chi connectivity index (χ2v) is 2.75. The Balaban J connectivity index is 2.41. The summed E-state index contributed by atoms with van der Waals surface area (Å²) in [5.41, 5.74) is 2.69. The number of nitrogens with zero attached hydrogens (tertiary/aromatic N) is 1. The minimum absolute atomic E-state index is 0.327. The van der Waals surface area contributed by atoms with Crippen molar-refractivity contribution in [2.75, 3.05) is 6.61 Å². The number of nitrogens with one attached hydrogen (secondary N) is 1. The smallest absolute Gasteiger partial charge is 0.426 e. The van der Waals surface area contributed by atoms with E-state index >= 15 is 0 Å².